The van der Waals surface area contributed by atoms with Gasteiger partial charge < -0.3 is 9.84 Å². The van der Waals surface area contributed by atoms with E-state index >= 15 is 0 Å². The number of aromatic nitrogens is 2. The molecule has 0 fully saturated rings. The molecule has 2 aromatic carbocycles. The largest absolute Gasteiger partial charge is 0.334 e. The van der Waals surface area contributed by atoms with Gasteiger partial charge in [0.05, 0.1) is 11.3 Å². The number of hydrogen-bond donors (Lipinski definition) is 1. The van der Waals surface area contributed by atoms with Crippen LogP contribution < -0.4 is 5.32 Å². The van der Waals surface area contributed by atoms with Gasteiger partial charge in [0, 0.05) is 16.5 Å². The third-order valence-electron chi connectivity index (χ3n) is 3.47. The summed E-state index contributed by atoms with van der Waals surface area (Å²) in [6, 6.07) is 14.5. The zero-order valence-electron chi connectivity index (χ0n) is 13.3. The fourth-order valence-corrected chi connectivity index (χ4v) is 2.23. The molecule has 0 saturated heterocycles. The number of rotatable bonds is 4. The number of carbonyl (C=O) groups excluding carboxylic acids is 1. The summed E-state index contributed by atoms with van der Waals surface area (Å²) >= 11 is 5.89. The van der Waals surface area contributed by atoms with Gasteiger partial charge in [-0.2, -0.15) is 4.98 Å². The highest BCUT2D eigenvalue weighted by Gasteiger charge is 2.16. The van der Waals surface area contributed by atoms with Crippen LogP contribution in [-0.2, 0) is 4.79 Å². The molecule has 0 aliphatic heterocycles. The molecule has 1 heterocycles. The minimum atomic E-state index is -0.120. The van der Waals surface area contributed by atoms with E-state index in [0.717, 1.165) is 5.56 Å². The summed E-state index contributed by atoms with van der Waals surface area (Å²) in [6.07, 6.45) is 0. The highest BCUT2D eigenvalue weighted by atomic mass is 35.5. The Morgan fingerprint density at radius 2 is 1.83 bits per heavy atom. The van der Waals surface area contributed by atoms with Gasteiger partial charge in [-0.15, -0.1) is 0 Å². The first-order valence-corrected chi connectivity index (χ1v) is 7.92. The predicted octanol–water partition coefficient (Wildman–Crippen LogP) is 4.65. The summed E-state index contributed by atoms with van der Waals surface area (Å²) in [4.78, 5) is 16.4. The number of halogens is 1. The zero-order chi connectivity index (χ0) is 17.1. The Hall–Kier alpha value is -2.66. The van der Waals surface area contributed by atoms with E-state index in [2.05, 4.69) is 15.5 Å². The number of carbonyl (C=O) groups is 1. The zero-order valence-corrected chi connectivity index (χ0v) is 14.0. The summed E-state index contributed by atoms with van der Waals surface area (Å²) in [7, 11) is 0. The van der Waals surface area contributed by atoms with Gasteiger partial charge in [0.1, 0.15) is 0 Å². The molecular formula is C18H16ClN3O2. The predicted molar refractivity (Wildman–Crippen MR) is 93.6 cm³/mol. The molecule has 0 aliphatic carbocycles. The molecule has 1 N–H and O–H groups in total. The van der Waals surface area contributed by atoms with Crippen molar-refractivity contribution in [3.63, 3.8) is 0 Å². The highest BCUT2D eigenvalue weighted by Crippen LogP contribution is 2.29. The number of hydrogen-bond acceptors (Lipinski definition) is 4. The lowest BCUT2D eigenvalue weighted by Gasteiger charge is -2.10. The Labute approximate surface area is 144 Å². The lowest BCUT2D eigenvalue weighted by atomic mass is 10.1. The summed E-state index contributed by atoms with van der Waals surface area (Å²) in [5.74, 6) is 0.622. The van der Waals surface area contributed by atoms with Gasteiger partial charge in [-0.05, 0) is 36.4 Å². The number of nitrogens with zero attached hydrogens (tertiary/aromatic N) is 2. The van der Waals surface area contributed by atoms with Gasteiger partial charge in [-0.3, -0.25) is 4.79 Å². The first-order valence-electron chi connectivity index (χ1n) is 7.54. The van der Waals surface area contributed by atoms with Crippen LogP contribution in [-0.4, -0.2) is 16.0 Å². The van der Waals surface area contributed by atoms with Crippen molar-refractivity contribution >= 4 is 23.2 Å². The first-order chi connectivity index (χ1) is 11.5. The van der Waals surface area contributed by atoms with Crippen molar-refractivity contribution in [2.45, 2.75) is 13.8 Å². The molecule has 5 nitrogen and oxygen atoms in total. The Kier molecular flexibility index (Phi) is 4.62. The topological polar surface area (TPSA) is 68.0 Å². The molecule has 6 heteroatoms. The quantitative estimate of drug-likeness (QED) is 0.749. The SMILES string of the molecule is CC(C)C(=O)Nc1ccccc1-c1nc(-c2ccc(Cl)cc2)no1. The van der Waals surface area contributed by atoms with Crippen LogP contribution in [0, 0.1) is 5.92 Å². The maximum absolute atomic E-state index is 12.0. The number of para-hydroxylation sites is 1. The van der Waals surface area contributed by atoms with Gasteiger partial charge >= 0.3 is 0 Å². The van der Waals surface area contributed by atoms with Crippen LogP contribution in [0.2, 0.25) is 5.02 Å². The number of nitrogens with one attached hydrogen (secondary N) is 1. The van der Waals surface area contributed by atoms with Crippen LogP contribution in [0.25, 0.3) is 22.8 Å². The van der Waals surface area contributed by atoms with Crippen molar-refractivity contribution in [2.24, 2.45) is 5.92 Å². The van der Waals surface area contributed by atoms with Gasteiger partial charge in [-0.1, -0.05) is 42.7 Å². The van der Waals surface area contributed by atoms with Crippen molar-refractivity contribution < 1.29 is 9.32 Å². The van der Waals surface area contributed by atoms with E-state index in [1.807, 2.05) is 50.2 Å². The molecule has 0 unspecified atom stereocenters. The molecule has 0 spiro atoms. The standard InChI is InChI=1S/C18H16ClN3O2/c1-11(2)17(23)20-15-6-4-3-5-14(15)18-21-16(22-24-18)12-7-9-13(19)10-8-12/h3-11H,1-2H3,(H,20,23). The molecule has 24 heavy (non-hydrogen) atoms. The second kappa shape index (κ2) is 6.84. The first kappa shape index (κ1) is 16.2. The molecule has 1 amide bonds. The summed E-state index contributed by atoms with van der Waals surface area (Å²) in [5, 5.41) is 7.53. The third kappa shape index (κ3) is 3.46. The smallest absolute Gasteiger partial charge is 0.260 e. The van der Waals surface area contributed by atoms with E-state index in [9.17, 15) is 4.79 Å². The molecule has 0 aliphatic rings. The minimum absolute atomic E-state index is 0.0695. The van der Waals surface area contributed by atoms with Crippen molar-refractivity contribution in [2.75, 3.05) is 5.32 Å². The van der Waals surface area contributed by atoms with Crippen LogP contribution in [0.4, 0.5) is 5.69 Å². The molecule has 122 valence electrons. The fourth-order valence-electron chi connectivity index (χ4n) is 2.10. The monoisotopic (exact) mass is 341 g/mol. The van der Waals surface area contributed by atoms with E-state index in [1.54, 1.807) is 12.1 Å². The van der Waals surface area contributed by atoms with Crippen LogP contribution in [0.3, 0.4) is 0 Å². The molecule has 0 saturated carbocycles. The van der Waals surface area contributed by atoms with Gasteiger partial charge in [-0.25, -0.2) is 0 Å². The normalized spacial score (nSPS) is 10.8. The maximum Gasteiger partial charge on any atom is 0.260 e. The van der Waals surface area contributed by atoms with Crippen LogP contribution >= 0.6 is 11.6 Å². The van der Waals surface area contributed by atoms with E-state index in [0.29, 0.717) is 28.0 Å². The van der Waals surface area contributed by atoms with Crippen molar-refractivity contribution in [3.05, 3.63) is 53.6 Å². The van der Waals surface area contributed by atoms with Crippen LogP contribution in [0.15, 0.2) is 53.1 Å². The maximum atomic E-state index is 12.0. The van der Waals surface area contributed by atoms with E-state index in [1.165, 1.54) is 0 Å². The summed E-state index contributed by atoms with van der Waals surface area (Å²) in [6.45, 7) is 3.67. The van der Waals surface area contributed by atoms with Crippen molar-refractivity contribution in [3.8, 4) is 22.8 Å². The van der Waals surface area contributed by atoms with Crippen LogP contribution in [0.5, 0.6) is 0 Å². The van der Waals surface area contributed by atoms with E-state index < -0.39 is 0 Å². The highest BCUT2D eigenvalue weighted by molar-refractivity contribution is 6.30. The third-order valence-corrected chi connectivity index (χ3v) is 3.72. The Morgan fingerprint density at radius 3 is 2.54 bits per heavy atom. The van der Waals surface area contributed by atoms with Crippen molar-refractivity contribution in [1.82, 2.24) is 10.1 Å². The average Bonchev–Trinajstić information content (AvgIpc) is 3.05. The Morgan fingerprint density at radius 1 is 1.12 bits per heavy atom. The number of benzene rings is 2. The molecule has 0 bridgehead atoms. The van der Waals surface area contributed by atoms with Gasteiger partial charge in [0.15, 0.2) is 0 Å². The lowest BCUT2D eigenvalue weighted by molar-refractivity contribution is -0.118. The van der Waals surface area contributed by atoms with Gasteiger partial charge in [0.2, 0.25) is 11.7 Å². The second-order valence-corrected chi connectivity index (χ2v) is 6.06. The molecule has 1 aromatic heterocycles. The summed E-state index contributed by atoms with van der Waals surface area (Å²) < 4.78 is 5.37. The lowest BCUT2D eigenvalue weighted by Crippen LogP contribution is -2.18. The van der Waals surface area contributed by atoms with Crippen LogP contribution in [0.1, 0.15) is 13.8 Å². The Bertz CT molecular complexity index is 857. The molecule has 0 radical (unpaired) electrons. The summed E-state index contributed by atoms with van der Waals surface area (Å²) in [5.41, 5.74) is 2.12. The fraction of sp³-hybridized carbons (Fsp3) is 0.167. The second-order valence-electron chi connectivity index (χ2n) is 5.62. The minimum Gasteiger partial charge on any atom is -0.334 e. The molecule has 0 atom stereocenters. The number of amides is 1. The number of anilines is 1. The molecular weight excluding hydrogens is 326 g/mol. The molecule has 3 aromatic rings. The van der Waals surface area contributed by atoms with E-state index in [4.69, 9.17) is 16.1 Å². The van der Waals surface area contributed by atoms with Gasteiger partial charge in [0.25, 0.3) is 5.89 Å². The Balaban J connectivity index is 1.93. The molecule has 3 rings (SSSR count). The van der Waals surface area contributed by atoms with E-state index in [-0.39, 0.29) is 11.8 Å². The van der Waals surface area contributed by atoms with Crippen molar-refractivity contribution in [1.29, 1.82) is 0 Å². The average molecular weight is 342 g/mol.